The molecule has 0 saturated heterocycles. The third kappa shape index (κ3) is 5.13. The van der Waals surface area contributed by atoms with Crippen LogP contribution in [0.15, 0.2) is 84.1 Å². The Morgan fingerprint density at radius 3 is 2.46 bits per heavy atom. The fraction of sp³-hybridized carbons (Fsp3) is 0.207. The molecule has 2 N–H and O–H groups in total. The van der Waals surface area contributed by atoms with Crippen LogP contribution in [-0.2, 0) is 14.4 Å². The third-order valence-corrected chi connectivity index (χ3v) is 7.05. The van der Waals surface area contributed by atoms with Gasteiger partial charge in [0.15, 0.2) is 5.78 Å². The maximum absolute atomic E-state index is 13.9. The van der Waals surface area contributed by atoms with Crippen molar-refractivity contribution in [2.45, 2.75) is 37.6 Å². The van der Waals surface area contributed by atoms with Crippen LogP contribution in [-0.4, -0.2) is 27.7 Å². The first-order valence-electron chi connectivity index (χ1n) is 12.4. The van der Waals surface area contributed by atoms with Crippen LogP contribution >= 0.6 is 0 Å². The van der Waals surface area contributed by atoms with Gasteiger partial charge in [0.05, 0.1) is 28.8 Å². The number of carboxylic acids is 1. The summed E-state index contributed by atoms with van der Waals surface area (Å²) in [5.41, 5.74) is 2.95. The van der Waals surface area contributed by atoms with Crippen molar-refractivity contribution in [2.24, 2.45) is 0 Å². The second-order valence-electron chi connectivity index (χ2n) is 9.53. The van der Waals surface area contributed by atoms with Gasteiger partial charge in [0, 0.05) is 36.2 Å². The number of rotatable bonds is 6. The standard InChI is InChI=1S/C29H24FN3O6/c30-20-10-8-17(9-11-20)29-28-23(15-19(16-25(28)34)18-4-3-5-21(14-18)33(38)39)31-22-6-1-2-7-24(22)32(29)26(35)12-13-27(36)37/h1-11,14,19,29,31H,12-13,15-16H2,(H,36,37)/t19-,29-/m0/s1. The second-order valence-corrected chi connectivity index (χ2v) is 9.53. The van der Waals surface area contributed by atoms with Gasteiger partial charge >= 0.3 is 5.97 Å². The molecule has 1 aliphatic heterocycles. The Morgan fingerprint density at radius 1 is 1.00 bits per heavy atom. The normalized spacial score (nSPS) is 18.5. The van der Waals surface area contributed by atoms with E-state index in [4.69, 9.17) is 0 Å². The number of halogens is 1. The van der Waals surface area contributed by atoms with Gasteiger partial charge < -0.3 is 10.4 Å². The summed E-state index contributed by atoms with van der Waals surface area (Å²) in [6.45, 7) is 0. The number of nitro benzene ring substituents is 1. The van der Waals surface area contributed by atoms with Crippen molar-refractivity contribution in [3.05, 3.63) is 111 Å². The van der Waals surface area contributed by atoms with Crippen molar-refractivity contribution in [1.29, 1.82) is 0 Å². The first kappa shape index (κ1) is 25.8. The highest BCUT2D eigenvalue weighted by Crippen LogP contribution is 2.47. The van der Waals surface area contributed by atoms with Crippen molar-refractivity contribution in [3.63, 3.8) is 0 Å². The minimum absolute atomic E-state index is 0.0485. The van der Waals surface area contributed by atoms with Gasteiger partial charge in [-0.05, 0) is 47.7 Å². The summed E-state index contributed by atoms with van der Waals surface area (Å²) < 4.78 is 13.9. The molecule has 2 aliphatic rings. The average Bonchev–Trinajstić information content (AvgIpc) is 3.07. The molecule has 39 heavy (non-hydrogen) atoms. The molecule has 0 spiro atoms. The maximum Gasteiger partial charge on any atom is 0.303 e. The summed E-state index contributed by atoms with van der Waals surface area (Å²) in [5, 5.41) is 23.9. The number of anilines is 2. The number of carbonyl (C=O) groups is 3. The van der Waals surface area contributed by atoms with Crippen LogP contribution in [0.2, 0.25) is 0 Å². The molecule has 0 fully saturated rings. The van der Waals surface area contributed by atoms with E-state index in [-0.39, 0.29) is 30.2 Å². The predicted molar refractivity (Wildman–Crippen MR) is 141 cm³/mol. The van der Waals surface area contributed by atoms with Crippen LogP contribution in [0, 0.1) is 15.9 Å². The lowest BCUT2D eigenvalue weighted by Crippen LogP contribution is -2.38. The van der Waals surface area contributed by atoms with Crippen LogP contribution in [0.4, 0.5) is 21.5 Å². The Labute approximate surface area is 222 Å². The summed E-state index contributed by atoms with van der Waals surface area (Å²) in [6.07, 6.45) is -0.303. The summed E-state index contributed by atoms with van der Waals surface area (Å²) in [5.74, 6) is -2.72. The molecule has 0 radical (unpaired) electrons. The van der Waals surface area contributed by atoms with Crippen LogP contribution < -0.4 is 10.2 Å². The number of nitrogens with zero attached hydrogens (tertiary/aromatic N) is 2. The second kappa shape index (κ2) is 10.5. The molecule has 2 atom stereocenters. The van der Waals surface area contributed by atoms with Gasteiger partial charge in [0.25, 0.3) is 5.69 Å². The molecule has 1 amide bonds. The maximum atomic E-state index is 13.9. The van der Waals surface area contributed by atoms with Crippen LogP contribution in [0.1, 0.15) is 48.8 Å². The quantitative estimate of drug-likeness (QED) is 0.319. The Bertz CT molecular complexity index is 1520. The number of benzene rings is 3. The van der Waals surface area contributed by atoms with Gasteiger partial charge in [0.1, 0.15) is 5.82 Å². The molecule has 0 unspecified atom stereocenters. The Hall–Kier alpha value is -4.86. The average molecular weight is 530 g/mol. The van der Waals surface area contributed by atoms with Crippen molar-refractivity contribution >= 4 is 34.7 Å². The van der Waals surface area contributed by atoms with E-state index in [2.05, 4.69) is 5.32 Å². The Balaban J connectivity index is 1.66. The number of allylic oxidation sites excluding steroid dienone is 1. The molecule has 1 heterocycles. The Kier molecular flexibility index (Phi) is 6.93. The van der Waals surface area contributed by atoms with E-state index in [0.29, 0.717) is 40.2 Å². The minimum Gasteiger partial charge on any atom is -0.481 e. The predicted octanol–water partition coefficient (Wildman–Crippen LogP) is 5.50. The molecule has 9 nitrogen and oxygen atoms in total. The number of Topliss-reactive ketones (excluding diaryl/α,β-unsaturated/α-hetero) is 1. The summed E-state index contributed by atoms with van der Waals surface area (Å²) in [7, 11) is 0. The molecule has 3 aromatic carbocycles. The monoisotopic (exact) mass is 529 g/mol. The van der Waals surface area contributed by atoms with Gasteiger partial charge in [-0.1, -0.05) is 36.4 Å². The van der Waals surface area contributed by atoms with E-state index < -0.39 is 35.1 Å². The number of carboxylic acid groups (broad SMARTS) is 1. The van der Waals surface area contributed by atoms with Gasteiger partial charge in [0.2, 0.25) is 5.91 Å². The zero-order chi connectivity index (χ0) is 27.7. The largest absolute Gasteiger partial charge is 0.481 e. The number of hydrogen-bond donors (Lipinski definition) is 2. The number of nitrogens with one attached hydrogen (secondary N) is 1. The lowest BCUT2D eigenvalue weighted by atomic mass is 9.78. The van der Waals surface area contributed by atoms with Crippen molar-refractivity contribution < 1.29 is 28.8 Å². The number of nitro groups is 1. The number of hydrogen-bond acceptors (Lipinski definition) is 6. The molecule has 0 aromatic heterocycles. The molecule has 0 saturated carbocycles. The van der Waals surface area contributed by atoms with E-state index in [0.717, 1.165) is 0 Å². The van der Waals surface area contributed by atoms with Crippen molar-refractivity contribution in [1.82, 2.24) is 0 Å². The zero-order valence-corrected chi connectivity index (χ0v) is 20.7. The third-order valence-electron chi connectivity index (χ3n) is 7.05. The van der Waals surface area contributed by atoms with Gasteiger partial charge in [-0.15, -0.1) is 0 Å². The number of aliphatic carboxylic acids is 1. The molecule has 198 valence electrons. The molecular formula is C29H24FN3O6. The van der Waals surface area contributed by atoms with E-state index in [1.54, 1.807) is 36.4 Å². The SMILES string of the molecule is O=C(O)CCC(=O)N1c2ccccc2NC2=C(C(=O)C[C@@H](c3cccc([N+](=O)[O-])c3)C2)[C@@H]1c1ccc(F)cc1. The zero-order valence-electron chi connectivity index (χ0n) is 20.7. The fourth-order valence-electron chi connectivity index (χ4n) is 5.29. The minimum atomic E-state index is -1.13. The van der Waals surface area contributed by atoms with E-state index in [1.165, 1.54) is 41.3 Å². The molecule has 5 rings (SSSR count). The highest BCUT2D eigenvalue weighted by molar-refractivity contribution is 6.06. The molecule has 1 aliphatic carbocycles. The first-order chi connectivity index (χ1) is 18.7. The summed E-state index contributed by atoms with van der Waals surface area (Å²) in [6, 6.07) is 17.7. The smallest absolute Gasteiger partial charge is 0.303 e. The van der Waals surface area contributed by atoms with E-state index in [9.17, 15) is 34.0 Å². The molecule has 3 aromatic rings. The van der Waals surface area contributed by atoms with Gasteiger partial charge in [-0.3, -0.25) is 29.4 Å². The molecule has 10 heteroatoms. The number of para-hydroxylation sites is 2. The fourth-order valence-corrected chi connectivity index (χ4v) is 5.29. The van der Waals surface area contributed by atoms with Crippen molar-refractivity contribution in [3.8, 4) is 0 Å². The highest BCUT2D eigenvalue weighted by Gasteiger charge is 2.41. The lowest BCUT2D eigenvalue weighted by Gasteiger charge is -2.35. The van der Waals surface area contributed by atoms with E-state index >= 15 is 0 Å². The Morgan fingerprint density at radius 2 is 1.74 bits per heavy atom. The number of carbonyl (C=O) groups excluding carboxylic acids is 2. The van der Waals surface area contributed by atoms with Crippen molar-refractivity contribution in [2.75, 3.05) is 10.2 Å². The van der Waals surface area contributed by atoms with Gasteiger partial charge in [-0.2, -0.15) is 0 Å². The van der Waals surface area contributed by atoms with Gasteiger partial charge in [-0.25, -0.2) is 4.39 Å². The lowest BCUT2D eigenvalue weighted by molar-refractivity contribution is -0.384. The van der Waals surface area contributed by atoms with Crippen LogP contribution in [0.5, 0.6) is 0 Å². The highest BCUT2D eigenvalue weighted by atomic mass is 19.1. The van der Waals surface area contributed by atoms with Crippen LogP contribution in [0.3, 0.4) is 0 Å². The van der Waals surface area contributed by atoms with E-state index in [1.807, 2.05) is 0 Å². The number of non-ortho nitro benzene ring substituents is 1. The number of fused-ring (bicyclic) bond motifs is 1. The topological polar surface area (TPSA) is 130 Å². The molecule has 0 bridgehead atoms. The number of ketones is 1. The summed E-state index contributed by atoms with van der Waals surface area (Å²) in [4.78, 5) is 51.0. The number of amides is 1. The van der Waals surface area contributed by atoms with Crippen LogP contribution in [0.25, 0.3) is 0 Å². The molecular weight excluding hydrogens is 505 g/mol. The first-order valence-corrected chi connectivity index (χ1v) is 12.4. The summed E-state index contributed by atoms with van der Waals surface area (Å²) >= 11 is 0.